The summed E-state index contributed by atoms with van der Waals surface area (Å²) in [7, 11) is 1.74. The van der Waals surface area contributed by atoms with Gasteiger partial charge in [0, 0.05) is 26.1 Å². The van der Waals surface area contributed by atoms with E-state index in [0.717, 1.165) is 31.9 Å². The fraction of sp³-hybridized carbons (Fsp3) is 0.500. The number of hydrogen-bond acceptors (Lipinski definition) is 4. The first-order valence-corrected chi connectivity index (χ1v) is 6.12. The molecule has 0 bridgehead atoms. The van der Waals surface area contributed by atoms with E-state index in [-0.39, 0.29) is 0 Å². The average Bonchev–Trinajstić information content (AvgIpc) is 2.78. The van der Waals surface area contributed by atoms with Crippen molar-refractivity contribution < 1.29 is 4.74 Å². The third kappa shape index (κ3) is 2.92. The van der Waals surface area contributed by atoms with Crippen molar-refractivity contribution in [1.82, 2.24) is 4.98 Å². The number of nitrogens with zero attached hydrogens (tertiary/aromatic N) is 2. The van der Waals surface area contributed by atoms with Crippen molar-refractivity contribution in [1.29, 1.82) is 0 Å². The molecule has 1 aliphatic rings. The minimum Gasteiger partial charge on any atom is -0.388 e. The Balaban J connectivity index is 2.08. The molecule has 0 saturated carbocycles. The summed E-state index contributed by atoms with van der Waals surface area (Å²) in [4.78, 5) is 7.07. The highest BCUT2D eigenvalue weighted by atomic mass is 32.1. The maximum Gasteiger partial charge on any atom is 0.129 e. The Morgan fingerprint density at radius 2 is 2.47 bits per heavy atom. The average molecular weight is 251 g/mol. The maximum atomic E-state index is 5.59. The second-order valence-electron chi connectivity index (χ2n) is 4.30. The smallest absolute Gasteiger partial charge is 0.129 e. The summed E-state index contributed by atoms with van der Waals surface area (Å²) in [6.07, 6.45) is 1.15. The highest BCUT2D eigenvalue weighted by Crippen LogP contribution is 2.22. The zero-order valence-electron chi connectivity index (χ0n) is 9.93. The number of thiocarbonyl (C=S) groups is 1. The van der Waals surface area contributed by atoms with Crippen molar-refractivity contribution in [3.8, 4) is 0 Å². The molecule has 1 atom stereocenters. The Morgan fingerprint density at radius 1 is 1.65 bits per heavy atom. The van der Waals surface area contributed by atoms with Crippen LogP contribution in [0.3, 0.4) is 0 Å². The number of nitrogens with two attached hydrogens (primary N) is 1. The Morgan fingerprint density at radius 3 is 3.18 bits per heavy atom. The van der Waals surface area contributed by atoms with E-state index in [0.29, 0.717) is 16.6 Å². The van der Waals surface area contributed by atoms with Crippen LogP contribution in [0.4, 0.5) is 5.82 Å². The van der Waals surface area contributed by atoms with Crippen molar-refractivity contribution >= 4 is 23.0 Å². The highest BCUT2D eigenvalue weighted by Gasteiger charge is 2.23. The van der Waals surface area contributed by atoms with Crippen LogP contribution in [0.5, 0.6) is 0 Å². The number of anilines is 1. The van der Waals surface area contributed by atoms with E-state index in [9.17, 15) is 0 Å². The molecule has 17 heavy (non-hydrogen) atoms. The summed E-state index contributed by atoms with van der Waals surface area (Å²) in [6.45, 7) is 2.81. The lowest BCUT2D eigenvalue weighted by atomic mass is 10.1. The van der Waals surface area contributed by atoms with Crippen molar-refractivity contribution in [3.63, 3.8) is 0 Å². The van der Waals surface area contributed by atoms with Gasteiger partial charge >= 0.3 is 0 Å². The topological polar surface area (TPSA) is 51.4 Å². The van der Waals surface area contributed by atoms with Gasteiger partial charge in [-0.25, -0.2) is 4.98 Å². The number of rotatable bonds is 4. The van der Waals surface area contributed by atoms with Gasteiger partial charge in [-0.15, -0.1) is 0 Å². The van der Waals surface area contributed by atoms with E-state index in [1.54, 1.807) is 7.11 Å². The van der Waals surface area contributed by atoms with Crippen LogP contribution in [0.25, 0.3) is 0 Å². The zero-order chi connectivity index (χ0) is 12.3. The molecule has 2 N–H and O–H groups in total. The predicted molar refractivity (Wildman–Crippen MR) is 72.3 cm³/mol. The van der Waals surface area contributed by atoms with Crippen molar-refractivity contribution in [3.05, 3.63) is 23.9 Å². The van der Waals surface area contributed by atoms with Gasteiger partial charge in [0.2, 0.25) is 0 Å². The van der Waals surface area contributed by atoms with Crippen LogP contribution in [-0.4, -0.2) is 36.8 Å². The van der Waals surface area contributed by atoms with Crippen molar-refractivity contribution in [2.75, 3.05) is 31.7 Å². The van der Waals surface area contributed by atoms with Gasteiger partial charge in [-0.1, -0.05) is 18.3 Å². The summed E-state index contributed by atoms with van der Waals surface area (Å²) < 4.78 is 5.18. The van der Waals surface area contributed by atoms with Crippen LogP contribution in [0, 0.1) is 5.92 Å². The first-order valence-electron chi connectivity index (χ1n) is 5.71. The fourth-order valence-electron chi connectivity index (χ4n) is 2.15. The maximum absolute atomic E-state index is 5.59. The minimum atomic E-state index is 0.347. The Labute approximate surface area is 107 Å². The van der Waals surface area contributed by atoms with Crippen molar-refractivity contribution in [2.45, 2.75) is 6.42 Å². The summed E-state index contributed by atoms with van der Waals surface area (Å²) >= 11 is 4.94. The molecule has 2 heterocycles. The number of hydrogen-bond donors (Lipinski definition) is 1. The molecule has 0 spiro atoms. The van der Waals surface area contributed by atoms with Gasteiger partial charge in [0.1, 0.15) is 10.8 Å². The van der Waals surface area contributed by atoms with Crippen LogP contribution in [0.2, 0.25) is 0 Å². The number of methoxy groups -OCH3 is 1. The van der Waals surface area contributed by atoms with Gasteiger partial charge in [-0.3, -0.25) is 0 Å². The second kappa shape index (κ2) is 5.42. The van der Waals surface area contributed by atoms with Crippen LogP contribution in [-0.2, 0) is 4.74 Å². The summed E-state index contributed by atoms with van der Waals surface area (Å²) in [5.74, 6) is 1.55. The van der Waals surface area contributed by atoms with E-state index in [2.05, 4.69) is 9.88 Å². The minimum absolute atomic E-state index is 0.347. The zero-order valence-corrected chi connectivity index (χ0v) is 10.7. The third-order valence-corrected chi connectivity index (χ3v) is 3.21. The SMILES string of the molecule is COCC1CCN(c2cccc(C(N)=S)n2)C1. The quantitative estimate of drug-likeness (QED) is 0.815. The molecule has 1 unspecified atom stereocenters. The predicted octanol–water partition coefficient (Wildman–Crippen LogP) is 1.19. The lowest BCUT2D eigenvalue weighted by molar-refractivity contribution is 0.161. The molecule has 1 aromatic heterocycles. The van der Waals surface area contributed by atoms with E-state index >= 15 is 0 Å². The lowest BCUT2D eigenvalue weighted by Crippen LogP contribution is -2.23. The van der Waals surface area contributed by atoms with E-state index in [1.807, 2.05) is 18.2 Å². The van der Waals surface area contributed by atoms with Gasteiger partial charge in [0.25, 0.3) is 0 Å². The van der Waals surface area contributed by atoms with Crippen LogP contribution in [0.1, 0.15) is 12.1 Å². The molecule has 5 heteroatoms. The van der Waals surface area contributed by atoms with Crippen molar-refractivity contribution in [2.24, 2.45) is 11.7 Å². The van der Waals surface area contributed by atoms with Gasteiger partial charge in [-0.05, 0) is 18.6 Å². The third-order valence-electron chi connectivity index (χ3n) is 3.00. The van der Waals surface area contributed by atoms with Gasteiger partial charge in [0.15, 0.2) is 0 Å². The first-order chi connectivity index (χ1) is 8.20. The molecular weight excluding hydrogens is 234 g/mol. The summed E-state index contributed by atoms with van der Waals surface area (Å²) in [6, 6.07) is 5.78. The molecule has 0 aliphatic carbocycles. The number of pyridine rings is 1. The normalized spacial score (nSPS) is 19.6. The molecule has 1 fully saturated rings. The molecule has 92 valence electrons. The largest absolute Gasteiger partial charge is 0.388 e. The highest BCUT2D eigenvalue weighted by molar-refractivity contribution is 7.80. The van der Waals surface area contributed by atoms with Gasteiger partial charge < -0.3 is 15.4 Å². The molecule has 0 aromatic carbocycles. The summed E-state index contributed by atoms with van der Waals surface area (Å²) in [5, 5.41) is 0. The molecule has 0 amide bonds. The summed E-state index contributed by atoms with van der Waals surface area (Å²) in [5.41, 5.74) is 6.27. The molecule has 4 nitrogen and oxygen atoms in total. The van der Waals surface area contributed by atoms with E-state index in [1.165, 1.54) is 0 Å². The Hall–Kier alpha value is -1.20. The van der Waals surface area contributed by atoms with E-state index < -0.39 is 0 Å². The first kappa shape index (κ1) is 12.3. The monoisotopic (exact) mass is 251 g/mol. The fourth-order valence-corrected chi connectivity index (χ4v) is 2.26. The van der Waals surface area contributed by atoms with Gasteiger partial charge in [0.05, 0.1) is 12.3 Å². The number of aromatic nitrogens is 1. The van der Waals surface area contributed by atoms with E-state index in [4.69, 9.17) is 22.7 Å². The Bertz CT molecular complexity index is 410. The molecule has 0 radical (unpaired) electrons. The van der Waals surface area contributed by atoms with Crippen LogP contribution >= 0.6 is 12.2 Å². The molecular formula is C12H17N3OS. The van der Waals surface area contributed by atoms with Gasteiger partial charge in [-0.2, -0.15) is 0 Å². The Kier molecular flexibility index (Phi) is 3.91. The molecule has 1 aliphatic heterocycles. The molecule has 1 saturated heterocycles. The van der Waals surface area contributed by atoms with Crippen LogP contribution in [0.15, 0.2) is 18.2 Å². The molecule has 2 rings (SSSR count). The van der Waals surface area contributed by atoms with Crippen LogP contribution < -0.4 is 10.6 Å². The second-order valence-corrected chi connectivity index (χ2v) is 4.74. The number of ether oxygens (including phenoxy) is 1. The lowest BCUT2D eigenvalue weighted by Gasteiger charge is -2.17. The standard InChI is InChI=1S/C12H17N3OS/c1-16-8-9-5-6-15(7-9)11-4-2-3-10(14-11)12(13)17/h2-4,9H,5-8H2,1H3,(H2,13,17). The molecule has 1 aromatic rings.